The van der Waals surface area contributed by atoms with Gasteiger partial charge in [-0.25, -0.2) is 0 Å². The van der Waals surface area contributed by atoms with E-state index in [9.17, 15) is 5.11 Å². The first-order valence-corrected chi connectivity index (χ1v) is 5.98. The first kappa shape index (κ1) is 13.3. The molecule has 0 radical (unpaired) electrons. The fraction of sp³-hybridized carbons (Fsp3) is 0.909. The highest BCUT2D eigenvalue weighted by Crippen LogP contribution is 2.25. The van der Waals surface area contributed by atoms with Crippen LogP contribution in [0.5, 0.6) is 0 Å². The zero-order valence-corrected chi connectivity index (χ0v) is 10.4. The molecule has 1 rings (SSSR count). The van der Waals surface area contributed by atoms with Gasteiger partial charge in [0.15, 0.2) is 5.96 Å². The van der Waals surface area contributed by atoms with Crippen LogP contribution in [0.25, 0.3) is 0 Å². The van der Waals surface area contributed by atoms with Gasteiger partial charge >= 0.3 is 0 Å². The van der Waals surface area contributed by atoms with E-state index < -0.39 is 5.60 Å². The van der Waals surface area contributed by atoms with E-state index in [1.807, 2.05) is 20.8 Å². The van der Waals surface area contributed by atoms with Gasteiger partial charge in [0.05, 0.1) is 12.6 Å². The third-order valence-electron chi connectivity index (χ3n) is 2.86. The molecule has 2 unspecified atom stereocenters. The molecular weight excluding hydrogens is 206 g/mol. The van der Waals surface area contributed by atoms with Crippen molar-refractivity contribution in [3.05, 3.63) is 0 Å². The van der Waals surface area contributed by atoms with Crippen LogP contribution >= 0.6 is 0 Å². The molecule has 1 heterocycles. The van der Waals surface area contributed by atoms with Crippen molar-refractivity contribution >= 4 is 5.96 Å². The summed E-state index contributed by atoms with van der Waals surface area (Å²) in [6.07, 6.45) is 0.518. The van der Waals surface area contributed by atoms with E-state index in [2.05, 4.69) is 15.6 Å². The number of hydrogen-bond donors (Lipinski definition) is 3. The Morgan fingerprint density at radius 3 is 2.50 bits per heavy atom. The molecular formula is C11H23N3O2. The first-order chi connectivity index (χ1) is 7.62. The molecule has 16 heavy (non-hydrogen) atoms. The molecule has 0 aliphatic carbocycles. The van der Waals surface area contributed by atoms with Crippen LogP contribution in [0.2, 0.25) is 0 Å². The molecule has 0 amide bonds. The number of hydrogen-bond acceptors (Lipinski definition) is 3. The molecule has 2 atom stereocenters. The van der Waals surface area contributed by atoms with Gasteiger partial charge in [0, 0.05) is 26.1 Å². The number of aliphatic hydroxyl groups is 1. The minimum Gasteiger partial charge on any atom is -0.385 e. The smallest absolute Gasteiger partial charge is 0.191 e. The molecule has 0 aromatic rings. The van der Waals surface area contributed by atoms with E-state index in [1.54, 1.807) is 0 Å². The van der Waals surface area contributed by atoms with Gasteiger partial charge in [-0.2, -0.15) is 0 Å². The number of aliphatic imine (C=N–C) groups is 1. The van der Waals surface area contributed by atoms with Crippen molar-refractivity contribution in [1.82, 2.24) is 10.6 Å². The van der Waals surface area contributed by atoms with Gasteiger partial charge < -0.3 is 20.5 Å². The van der Waals surface area contributed by atoms with Crippen molar-refractivity contribution in [2.24, 2.45) is 4.99 Å². The van der Waals surface area contributed by atoms with Gasteiger partial charge in [0.2, 0.25) is 0 Å². The maximum Gasteiger partial charge on any atom is 0.191 e. The number of nitrogens with one attached hydrogen (secondary N) is 2. The quantitative estimate of drug-likeness (QED) is 0.472. The van der Waals surface area contributed by atoms with Crippen LogP contribution in [0, 0.1) is 0 Å². The van der Waals surface area contributed by atoms with Crippen molar-refractivity contribution < 1.29 is 9.84 Å². The van der Waals surface area contributed by atoms with Crippen LogP contribution in [0.4, 0.5) is 0 Å². The molecule has 5 nitrogen and oxygen atoms in total. The Hall–Kier alpha value is -0.810. The lowest BCUT2D eigenvalue weighted by Crippen LogP contribution is -2.42. The summed E-state index contributed by atoms with van der Waals surface area (Å²) in [4.78, 5) is 4.37. The van der Waals surface area contributed by atoms with Crippen LogP contribution in [0.1, 0.15) is 27.2 Å². The van der Waals surface area contributed by atoms with Crippen LogP contribution in [0.15, 0.2) is 4.99 Å². The lowest BCUT2D eigenvalue weighted by atomic mass is 9.97. The van der Waals surface area contributed by atoms with Gasteiger partial charge in [0.1, 0.15) is 5.60 Å². The number of guanidine groups is 1. The highest BCUT2D eigenvalue weighted by atomic mass is 16.5. The fourth-order valence-corrected chi connectivity index (χ4v) is 1.70. The summed E-state index contributed by atoms with van der Waals surface area (Å²) in [5, 5.41) is 16.5. The minimum atomic E-state index is -0.809. The van der Waals surface area contributed by atoms with E-state index in [0.717, 1.165) is 19.0 Å². The Morgan fingerprint density at radius 1 is 1.44 bits per heavy atom. The molecule has 3 N–H and O–H groups in total. The zero-order valence-electron chi connectivity index (χ0n) is 10.4. The second-order valence-electron chi connectivity index (χ2n) is 4.09. The summed E-state index contributed by atoms with van der Waals surface area (Å²) in [7, 11) is 0. The Morgan fingerprint density at radius 2 is 2.06 bits per heavy atom. The average Bonchev–Trinajstić information content (AvgIpc) is 2.57. The molecule has 0 bridgehead atoms. The lowest BCUT2D eigenvalue weighted by molar-refractivity contribution is -0.0201. The van der Waals surface area contributed by atoms with Crippen molar-refractivity contribution in [1.29, 1.82) is 0 Å². The Balaban J connectivity index is 2.54. The van der Waals surface area contributed by atoms with Gasteiger partial charge in [-0.1, -0.05) is 0 Å². The predicted molar refractivity (Wildman–Crippen MR) is 64.6 cm³/mol. The monoisotopic (exact) mass is 229 g/mol. The van der Waals surface area contributed by atoms with Gasteiger partial charge in [-0.3, -0.25) is 4.99 Å². The number of ether oxygens (including phenoxy) is 1. The molecule has 0 saturated carbocycles. The Kier molecular flexibility index (Phi) is 5.02. The summed E-state index contributed by atoms with van der Waals surface area (Å²) in [6.45, 7) is 8.55. The Labute approximate surface area is 97.3 Å². The maximum atomic E-state index is 10.3. The molecule has 94 valence electrons. The SMILES string of the molecule is CCNC(=NCC1(O)CCOC1C)NCC. The van der Waals surface area contributed by atoms with Crippen LogP contribution in [0.3, 0.4) is 0 Å². The van der Waals surface area contributed by atoms with E-state index in [-0.39, 0.29) is 6.10 Å². The third kappa shape index (κ3) is 3.35. The van der Waals surface area contributed by atoms with Crippen molar-refractivity contribution in [2.75, 3.05) is 26.2 Å². The average molecular weight is 229 g/mol. The Bertz CT molecular complexity index is 237. The zero-order chi connectivity index (χ0) is 12.0. The highest BCUT2D eigenvalue weighted by Gasteiger charge is 2.39. The van der Waals surface area contributed by atoms with E-state index in [1.165, 1.54) is 0 Å². The van der Waals surface area contributed by atoms with Gasteiger partial charge in [-0.05, 0) is 20.8 Å². The van der Waals surface area contributed by atoms with E-state index in [4.69, 9.17) is 4.74 Å². The van der Waals surface area contributed by atoms with Crippen LogP contribution in [-0.4, -0.2) is 49.0 Å². The van der Waals surface area contributed by atoms with Crippen LogP contribution < -0.4 is 10.6 Å². The minimum absolute atomic E-state index is 0.138. The third-order valence-corrected chi connectivity index (χ3v) is 2.86. The summed E-state index contributed by atoms with van der Waals surface area (Å²) in [5.41, 5.74) is -0.809. The number of rotatable bonds is 4. The molecule has 1 aliphatic heterocycles. The normalized spacial score (nSPS) is 28.9. The predicted octanol–water partition coefficient (Wildman–Crippen LogP) is 0.101. The summed E-state index contributed by atoms with van der Waals surface area (Å²) < 4.78 is 5.36. The molecule has 1 fully saturated rings. The summed E-state index contributed by atoms with van der Waals surface area (Å²) in [5.74, 6) is 0.748. The summed E-state index contributed by atoms with van der Waals surface area (Å²) in [6, 6.07) is 0. The first-order valence-electron chi connectivity index (χ1n) is 5.98. The number of nitrogens with zero attached hydrogens (tertiary/aromatic N) is 1. The molecule has 0 aromatic carbocycles. The fourth-order valence-electron chi connectivity index (χ4n) is 1.70. The van der Waals surface area contributed by atoms with Gasteiger partial charge in [0.25, 0.3) is 0 Å². The second kappa shape index (κ2) is 6.06. The van der Waals surface area contributed by atoms with Crippen molar-refractivity contribution in [3.8, 4) is 0 Å². The van der Waals surface area contributed by atoms with Gasteiger partial charge in [-0.15, -0.1) is 0 Å². The van der Waals surface area contributed by atoms with E-state index in [0.29, 0.717) is 19.6 Å². The van der Waals surface area contributed by atoms with E-state index >= 15 is 0 Å². The summed E-state index contributed by atoms with van der Waals surface area (Å²) >= 11 is 0. The molecule has 0 aromatic heterocycles. The second-order valence-corrected chi connectivity index (χ2v) is 4.09. The lowest BCUT2D eigenvalue weighted by Gasteiger charge is -2.24. The molecule has 1 aliphatic rings. The largest absolute Gasteiger partial charge is 0.385 e. The maximum absolute atomic E-state index is 10.3. The molecule has 0 spiro atoms. The molecule has 5 heteroatoms. The van der Waals surface area contributed by atoms with Crippen molar-refractivity contribution in [3.63, 3.8) is 0 Å². The topological polar surface area (TPSA) is 65.9 Å². The molecule has 1 saturated heterocycles. The highest BCUT2D eigenvalue weighted by molar-refractivity contribution is 5.79. The van der Waals surface area contributed by atoms with Crippen molar-refractivity contribution in [2.45, 2.75) is 38.9 Å². The van der Waals surface area contributed by atoms with Crippen LogP contribution in [-0.2, 0) is 4.74 Å². The standard InChI is InChI=1S/C11H23N3O2/c1-4-12-10(13-5-2)14-8-11(15)6-7-16-9(11)3/h9,15H,4-8H2,1-3H3,(H2,12,13,14).